The van der Waals surface area contributed by atoms with E-state index in [1.54, 1.807) is 0 Å². The van der Waals surface area contributed by atoms with Gasteiger partial charge >= 0.3 is 0 Å². The molecule has 0 aliphatic heterocycles. The average Bonchev–Trinajstić information content (AvgIpc) is 2.58. The van der Waals surface area contributed by atoms with Crippen LogP contribution in [0.4, 0.5) is 11.4 Å². The lowest BCUT2D eigenvalue weighted by Crippen LogP contribution is -3.00. The quantitative estimate of drug-likeness (QED) is 0.251. The van der Waals surface area contributed by atoms with Crippen LogP contribution in [0.15, 0.2) is 58.3 Å². The molecular weight excluding hydrogens is 666 g/mol. The molecule has 0 saturated heterocycles. The Morgan fingerprint density at radius 3 is 0.875 bits per heavy atom. The fraction of sp³-hybridized carbons (Fsp3) is 0.417. The number of rotatable bonds is 5. The highest BCUT2D eigenvalue weighted by molar-refractivity contribution is 8.76. The first-order chi connectivity index (χ1) is 13.6. The Labute approximate surface area is 237 Å². The molecule has 2 aromatic rings. The van der Waals surface area contributed by atoms with Crippen LogP contribution in [0.3, 0.4) is 0 Å². The second kappa shape index (κ2) is 17.3. The van der Waals surface area contributed by atoms with Gasteiger partial charge in [-0.1, -0.05) is 21.6 Å². The molecule has 0 heterocycles. The van der Waals surface area contributed by atoms with Gasteiger partial charge < -0.3 is 57.5 Å². The van der Waals surface area contributed by atoms with Gasteiger partial charge in [0.25, 0.3) is 0 Å². The molecule has 0 N–H and O–H groups in total. The van der Waals surface area contributed by atoms with E-state index in [9.17, 15) is 9.59 Å². The zero-order valence-corrected chi connectivity index (χ0v) is 26.9. The van der Waals surface area contributed by atoms with Crippen LogP contribution >= 0.6 is 21.6 Å². The monoisotopic (exact) mass is 704 g/mol. The number of Topliss-reactive ketones (excluding diaryl/α,β-unsaturated/α-hetero) is 2. The molecule has 2 rings (SSSR count). The number of hydrogen-bond donors (Lipinski definition) is 0. The first kappa shape index (κ1) is 36.4. The van der Waals surface area contributed by atoms with Crippen LogP contribution in [0.5, 0.6) is 0 Å². The highest BCUT2D eigenvalue weighted by atomic mass is 127. The van der Waals surface area contributed by atoms with Gasteiger partial charge in [0.2, 0.25) is 0 Å². The van der Waals surface area contributed by atoms with Gasteiger partial charge in [-0.3, -0.25) is 8.97 Å². The average molecular weight is 705 g/mol. The smallest absolute Gasteiger partial charge is 0.132 e. The fourth-order valence-corrected chi connectivity index (χ4v) is 3.92. The first-order valence-electron chi connectivity index (χ1n) is 9.76. The van der Waals surface area contributed by atoms with E-state index in [0.717, 1.165) is 8.97 Å². The molecule has 0 aromatic heterocycles. The number of quaternary nitrogens is 2. The topological polar surface area (TPSA) is 34.1 Å². The maximum Gasteiger partial charge on any atom is 0.132 e. The first-order valence-corrected chi connectivity index (χ1v) is 11.9. The molecule has 0 spiro atoms. The van der Waals surface area contributed by atoms with E-state index in [1.165, 1.54) is 48.9 Å². The molecular formula is C24H38I2N2O2S2. The SMILES string of the molecule is CC(C)=O.CC(C)=O.C[N+](C)(C)c1ccc(SSc2ccc([N+](C)(C)C)cc2)cc1.[I-].[I-]. The number of hydrogen-bond acceptors (Lipinski definition) is 4. The summed E-state index contributed by atoms with van der Waals surface area (Å²) in [4.78, 5) is 21.5. The van der Waals surface area contributed by atoms with Crippen LogP contribution < -0.4 is 56.9 Å². The van der Waals surface area contributed by atoms with Gasteiger partial charge in [-0.25, -0.2) is 0 Å². The number of nitrogens with zero attached hydrogens (tertiary/aromatic N) is 2. The Morgan fingerprint density at radius 1 is 0.531 bits per heavy atom. The van der Waals surface area contributed by atoms with Gasteiger partial charge in [-0.05, 0) is 52.0 Å². The maximum atomic E-state index is 9.44. The summed E-state index contributed by atoms with van der Waals surface area (Å²) in [6.45, 7) is 6.11. The van der Waals surface area contributed by atoms with Gasteiger partial charge in [-0.2, -0.15) is 0 Å². The molecule has 0 aliphatic carbocycles. The molecule has 0 amide bonds. The minimum Gasteiger partial charge on any atom is -1.00 e. The lowest BCUT2D eigenvalue weighted by Gasteiger charge is -2.23. The lowest BCUT2D eigenvalue weighted by molar-refractivity contribution is -0.115. The normalized spacial score (nSPS) is 10.2. The molecule has 2 aromatic carbocycles. The Balaban J connectivity index is -0.000000729. The molecule has 0 fully saturated rings. The maximum absolute atomic E-state index is 9.44. The van der Waals surface area contributed by atoms with Crippen molar-refractivity contribution >= 4 is 44.5 Å². The molecule has 0 unspecified atom stereocenters. The van der Waals surface area contributed by atoms with Gasteiger partial charge in [0.05, 0.1) is 42.3 Å². The fourth-order valence-electron chi connectivity index (χ4n) is 1.99. The van der Waals surface area contributed by atoms with Crippen molar-refractivity contribution in [3.63, 3.8) is 0 Å². The second-order valence-electron chi connectivity index (χ2n) is 9.00. The Kier molecular flexibility index (Phi) is 19.7. The van der Waals surface area contributed by atoms with Crippen molar-refractivity contribution in [2.45, 2.75) is 37.5 Å². The highest BCUT2D eigenvalue weighted by Crippen LogP contribution is 2.38. The summed E-state index contributed by atoms with van der Waals surface area (Å²) in [5, 5.41) is 0. The second-order valence-corrected chi connectivity index (χ2v) is 11.3. The lowest BCUT2D eigenvalue weighted by atomic mass is 10.3. The van der Waals surface area contributed by atoms with Crippen LogP contribution in [0.25, 0.3) is 0 Å². The van der Waals surface area contributed by atoms with Gasteiger partial charge in [0.1, 0.15) is 22.9 Å². The van der Waals surface area contributed by atoms with Crippen LogP contribution in [-0.4, -0.2) is 53.9 Å². The van der Waals surface area contributed by atoms with Crippen LogP contribution in [0.2, 0.25) is 0 Å². The number of carbonyl (C=O) groups is 2. The minimum atomic E-state index is 0. The van der Waals surface area contributed by atoms with Crippen molar-refractivity contribution in [2.75, 3.05) is 42.3 Å². The van der Waals surface area contributed by atoms with Gasteiger partial charge in [-0.15, -0.1) is 0 Å². The van der Waals surface area contributed by atoms with Crippen molar-refractivity contribution in [1.82, 2.24) is 8.97 Å². The van der Waals surface area contributed by atoms with E-state index in [0.29, 0.717) is 0 Å². The third-order valence-corrected chi connectivity index (χ3v) is 5.87. The van der Waals surface area contributed by atoms with Crippen molar-refractivity contribution in [2.24, 2.45) is 0 Å². The highest BCUT2D eigenvalue weighted by Gasteiger charge is 2.12. The van der Waals surface area contributed by atoms with Crippen LogP contribution in [0, 0.1) is 0 Å². The molecule has 0 radical (unpaired) electrons. The number of halogens is 2. The number of benzene rings is 2. The molecule has 0 saturated carbocycles. The van der Waals surface area contributed by atoms with Gasteiger partial charge in [0.15, 0.2) is 0 Å². The Morgan fingerprint density at radius 2 is 0.719 bits per heavy atom. The predicted molar refractivity (Wildman–Crippen MR) is 136 cm³/mol. The van der Waals surface area contributed by atoms with Crippen LogP contribution in [0.1, 0.15) is 27.7 Å². The number of carbonyl (C=O) groups excluding carboxylic acids is 2. The van der Waals surface area contributed by atoms with E-state index >= 15 is 0 Å². The molecule has 0 bridgehead atoms. The third kappa shape index (κ3) is 18.3. The van der Waals surface area contributed by atoms with E-state index < -0.39 is 0 Å². The molecule has 4 nitrogen and oxygen atoms in total. The number of ketones is 2. The molecule has 0 aliphatic rings. The minimum absolute atomic E-state index is 0. The Bertz CT molecular complexity index is 721. The Hall–Kier alpha value is -0.140. The molecule has 8 heteroatoms. The van der Waals surface area contributed by atoms with Crippen molar-refractivity contribution in [3.05, 3.63) is 48.5 Å². The zero-order chi connectivity index (χ0) is 23.5. The van der Waals surface area contributed by atoms with E-state index in [1.807, 2.05) is 21.6 Å². The van der Waals surface area contributed by atoms with E-state index in [4.69, 9.17) is 0 Å². The predicted octanol–water partition coefficient (Wildman–Crippen LogP) is 0.0780. The standard InChI is InChI=1S/C18H26N2S2.2C3H6O.2HI/c1-19(2,3)15-7-11-17(12-8-15)21-22-18-13-9-16(10-14-18)20(4,5)6;2*1-3(2)4;;/h7-14H,1-6H3;2*1-2H3;2*1H/q+2;;;;/p-2. The van der Waals surface area contributed by atoms with Crippen molar-refractivity contribution in [1.29, 1.82) is 0 Å². The van der Waals surface area contributed by atoms with E-state index in [2.05, 4.69) is 90.8 Å². The third-order valence-electron chi connectivity index (χ3n) is 3.46. The summed E-state index contributed by atoms with van der Waals surface area (Å²) in [5.74, 6) is 0.333. The molecule has 0 atom stereocenters. The summed E-state index contributed by atoms with van der Waals surface area (Å²) in [6.07, 6.45) is 0. The summed E-state index contributed by atoms with van der Waals surface area (Å²) in [7, 11) is 16.7. The van der Waals surface area contributed by atoms with E-state index in [-0.39, 0.29) is 59.5 Å². The zero-order valence-electron chi connectivity index (χ0n) is 20.9. The van der Waals surface area contributed by atoms with Crippen molar-refractivity contribution < 1.29 is 57.5 Å². The molecule has 32 heavy (non-hydrogen) atoms. The van der Waals surface area contributed by atoms with Crippen LogP contribution in [-0.2, 0) is 9.59 Å². The summed E-state index contributed by atoms with van der Waals surface area (Å²) in [5.41, 5.74) is 2.64. The van der Waals surface area contributed by atoms with Gasteiger partial charge in [0, 0.05) is 34.1 Å². The summed E-state index contributed by atoms with van der Waals surface area (Å²) in [6, 6.07) is 17.7. The largest absolute Gasteiger partial charge is 1.00 e. The summed E-state index contributed by atoms with van der Waals surface area (Å²) >= 11 is 0. The van der Waals surface area contributed by atoms with Crippen molar-refractivity contribution in [3.8, 4) is 0 Å². The molecule has 182 valence electrons. The summed E-state index contributed by atoms with van der Waals surface area (Å²) < 4.78 is 1.70.